The Morgan fingerprint density at radius 1 is 0.411 bits per heavy atom. The molecule has 2 unspecified atom stereocenters. The summed E-state index contributed by atoms with van der Waals surface area (Å²) in [5, 5.41) is 0. The Kier molecular flexibility index (Phi) is 16.0. The second-order valence-corrected chi connectivity index (χ2v) is 13.4. The van der Waals surface area contributed by atoms with Crippen LogP contribution in [-0.4, -0.2) is 63.3 Å². The number of carbonyl (C=O) groups is 1. The summed E-state index contributed by atoms with van der Waals surface area (Å²) in [5.74, 6) is 0.213. The third-order valence-electron chi connectivity index (χ3n) is 9.33. The third kappa shape index (κ3) is 12.3. The van der Waals surface area contributed by atoms with Crippen molar-refractivity contribution in [1.82, 2.24) is 0 Å². The molecule has 0 aliphatic heterocycles. The van der Waals surface area contributed by atoms with Crippen LogP contribution in [0.25, 0.3) is 0 Å². The minimum absolute atomic E-state index is 0.125. The number of methoxy groups -OCH3 is 1. The molecule has 5 aromatic rings. The molecule has 0 amide bonds. The number of benzene rings is 5. The van der Waals surface area contributed by atoms with Crippen molar-refractivity contribution in [2.24, 2.45) is 0 Å². The van der Waals surface area contributed by atoms with Crippen molar-refractivity contribution in [2.75, 3.05) is 20.7 Å². The van der Waals surface area contributed by atoms with Gasteiger partial charge in [0.05, 0.1) is 40.1 Å². The van der Waals surface area contributed by atoms with Crippen LogP contribution in [0, 0.1) is 0 Å². The van der Waals surface area contributed by atoms with Gasteiger partial charge >= 0.3 is 5.97 Å². The second-order valence-electron chi connectivity index (χ2n) is 13.4. The molecule has 0 saturated heterocycles. The van der Waals surface area contributed by atoms with Gasteiger partial charge in [0.25, 0.3) is 0 Å². The SMILES string of the molecule is COc1ccc(COC2[C@@H](OCc3ccccc3)[C@@H](OCOCc3ccccc3)C(OC(C)=O)[C@H](OCOCc3ccccc3)[C@H]2OCc2ccccc2)cc1. The van der Waals surface area contributed by atoms with E-state index in [1.54, 1.807) is 7.11 Å². The molecule has 6 rings (SSSR count). The van der Waals surface area contributed by atoms with Crippen LogP contribution in [0.4, 0.5) is 0 Å². The molecule has 0 heterocycles. The maximum atomic E-state index is 12.9. The number of carbonyl (C=O) groups excluding carboxylic acids is 1. The van der Waals surface area contributed by atoms with Gasteiger partial charge in [0.15, 0.2) is 6.10 Å². The first-order chi connectivity index (χ1) is 27.6. The predicted octanol–water partition coefficient (Wildman–Crippen LogP) is 7.82. The largest absolute Gasteiger partial charge is 0.497 e. The summed E-state index contributed by atoms with van der Waals surface area (Å²) >= 11 is 0. The number of ether oxygens (including phenoxy) is 9. The highest BCUT2D eigenvalue weighted by atomic mass is 16.7. The fourth-order valence-corrected chi connectivity index (χ4v) is 6.56. The zero-order chi connectivity index (χ0) is 38.8. The maximum Gasteiger partial charge on any atom is 0.303 e. The minimum atomic E-state index is -1.00. The van der Waals surface area contributed by atoms with Crippen molar-refractivity contribution in [3.05, 3.63) is 173 Å². The van der Waals surface area contributed by atoms with E-state index < -0.39 is 42.6 Å². The highest BCUT2D eigenvalue weighted by molar-refractivity contribution is 5.66. The minimum Gasteiger partial charge on any atom is -0.497 e. The topological polar surface area (TPSA) is 100 Å². The van der Waals surface area contributed by atoms with Gasteiger partial charge in [-0.1, -0.05) is 133 Å². The van der Waals surface area contributed by atoms with E-state index in [0.717, 1.165) is 33.6 Å². The molecule has 10 heteroatoms. The van der Waals surface area contributed by atoms with Crippen LogP contribution in [0.15, 0.2) is 146 Å². The first-order valence-electron chi connectivity index (χ1n) is 18.8. The lowest BCUT2D eigenvalue weighted by Gasteiger charge is -2.49. The van der Waals surface area contributed by atoms with E-state index >= 15 is 0 Å². The fraction of sp³-hybridized carbons (Fsp3) is 0.326. The Balaban J connectivity index is 1.34. The second kappa shape index (κ2) is 22.0. The number of rotatable bonds is 21. The lowest BCUT2D eigenvalue weighted by Crippen LogP contribution is -2.67. The monoisotopic (exact) mass is 762 g/mol. The van der Waals surface area contributed by atoms with Crippen LogP contribution in [0.3, 0.4) is 0 Å². The van der Waals surface area contributed by atoms with Gasteiger partial charge in [0.1, 0.15) is 49.9 Å². The van der Waals surface area contributed by atoms with E-state index in [9.17, 15) is 4.79 Å². The van der Waals surface area contributed by atoms with Crippen molar-refractivity contribution in [1.29, 1.82) is 0 Å². The molecular formula is C46H50O10. The average molecular weight is 763 g/mol. The Morgan fingerprint density at radius 2 is 0.732 bits per heavy atom. The molecule has 1 saturated carbocycles. The summed E-state index contributed by atoms with van der Waals surface area (Å²) in [6.45, 7) is 2.39. The first kappa shape index (κ1) is 40.7. The number of esters is 1. The highest BCUT2D eigenvalue weighted by Gasteiger charge is 2.56. The molecular weight excluding hydrogens is 712 g/mol. The van der Waals surface area contributed by atoms with Gasteiger partial charge in [-0.05, 0) is 39.9 Å². The van der Waals surface area contributed by atoms with Gasteiger partial charge < -0.3 is 42.6 Å². The van der Waals surface area contributed by atoms with E-state index in [2.05, 4.69) is 0 Å². The Morgan fingerprint density at radius 3 is 1.07 bits per heavy atom. The van der Waals surface area contributed by atoms with Crippen molar-refractivity contribution in [3.63, 3.8) is 0 Å². The molecule has 6 atom stereocenters. The normalized spacial score (nSPS) is 20.7. The summed E-state index contributed by atoms with van der Waals surface area (Å²) in [6.07, 6.45) is -5.23. The van der Waals surface area contributed by atoms with E-state index in [-0.39, 0.29) is 33.4 Å². The summed E-state index contributed by atoms with van der Waals surface area (Å²) < 4.78 is 57.0. The molecule has 10 nitrogen and oxygen atoms in total. The molecule has 1 fully saturated rings. The number of hydrogen-bond donors (Lipinski definition) is 0. The zero-order valence-electron chi connectivity index (χ0n) is 31.9. The smallest absolute Gasteiger partial charge is 0.303 e. The molecule has 0 spiro atoms. The van der Waals surface area contributed by atoms with Gasteiger partial charge in [0.2, 0.25) is 0 Å². The van der Waals surface area contributed by atoms with Crippen LogP contribution in [0.5, 0.6) is 5.75 Å². The summed E-state index contributed by atoms with van der Waals surface area (Å²) in [7, 11) is 1.63. The van der Waals surface area contributed by atoms with Gasteiger partial charge in [-0.15, -0.1) is 0 Å². The summed E-state index contributed by atoms with van der Waals surface area (Å²) in [5.41, 5.74) is 4.77. The molecule has 0 radical (unpaired) electrons. The van der Waals surface area contributed by atoms with Crippen LogP contribution < -0.4 is 4.74 Å². The predicted molar refractivity (Wildman–Crippen MR) is 209 cm³/mol. The van der Waals surface area contributed by atoms with Crippen LogP contribution in [-0.2, 0) is 75.7 Å². The van der Waals surface area contributed by atoms with Gasteiger partial charge in [-0.3, -0.25) is 4.79 Å². The summed E-state index contributed by atoms with van der Waals surface area (Å²) in [4.78, 5) is 12.9. The lowest BCUT2D eigenvalue weighted by atomic mass is 9.83. The van der Waals surface area contributed by atoms with Crippen molar-refractivity contribution in [3.8, 4) is 5.75 Å². The van der Waals surface area contributed by atoms with E-state index in [4.69, 9.17) is 42.6 Å². The van der Waals surface area contributed by atoms with Gasteiger partial charge in [-0.2, -0.15) is 0 Å². The van der Waals surface area contributed by atoms with E-state index in [1.807, 2.05) is 146 Å². The quantitative estimate of drug-likeness (QED) is 0.0418. The fourth-order valence-electron chi connectivity index (χ4n) is 6.56. The molecule has 0 N–H and O–H groups in total. The van der Waals surface area contributed by atoms with Crippen LogP contribution >= 0.6 is 0 Å². The maximum absolute atomic E-state index is 12.9. The Labute approximate surface area is 329 Å². The Hall–Kier alpha value is -4.91. The molecule has 1 aliphatic rings. The van der Waals surface area contributed by atoms with Crippen molar-refractivity contribution < 1.29 is 47.4 Å². The number of hydrogen-bond acceptors (Lipinski definition) is 10. The highest BCUT2D eigenvalue weighted by Crippen LogP contribution is 2.36. The van der Waals surface area contributed by atoms with E-state index in [0.29, 0.717) is 13.2 Å². The Bertz CT molecular complexity index is 1720. The molecule has 294 valence electrons. The van der Waals surface area contributed by atoms with Crippen molar-refractivity contribution >= 4 is 5.97 Å². The molecule has 1 aliphatic carbocycles. The zero-order valence-corrected chi connectivity index (χ0v) is 31.9. The first-order valence-corrected chi connectivity index (χ1v) is 18.8. The standard InChI is InChI=1S/C46H50O10/c1-34(47)56-46-44(54-32-49-27-35-15-7-3-8-16-35)42(51-29-37-19-11-5-12-20-37)41(53-31-39-23-25-40(48-2)26-24-39)43(52-30-38-21-13-6-14-22-38)45(46)55-33-50-28-36-17-9-4-10-18-36/h3-26,41-46H,27-33H2,1-2H3/t41?,42-,43+,44-,45-,46?/m1/s1. The van der Waals surface area contributed by atoms with Crippen molar-refractivity contribution in [2.45, 2.75) is 76.6 Å². The van der Waals surface area contributed by atoms with Gasteiger partial charge in [0, 0.05) is 6.92 Å². The molecule has 0 aromatic heterocycles. The molecule has 5 aromatic carbocycles. The van der Waals surface area contributed by atoms with Crippen LogP contribution in [0.2, 0.25) is 0 Å². The third-order valence-corrected chi connectivity index (χ3v) is 9.33. The molecule has 0 bridgehead atoms. The average Bonchev–Trinajstić information content (AvgIpc) is 3.24. The summed E-state index contributed by atoms with van der Waals surface area (Å²) in [6, 6.07) is 46.9. The van der Waals surface area contributed by atoms with Crippen LogP contribution in [0.1, 0.15) is 34.7 Å². The molecule has 56 heavy (non-hydrogen) atoms. The van der Waals surface area contributed by atoms with Gasteiger partial charge in [-0.25, -0.2) is 0 Å². The lowest BCUT2D eigenvalue weighted by molar-refractivity contribution is -0.301. The van der Waals surface area contributed by atoms with E-state index in [1.165, 1.54) is 6.92 Å².